The number of carbonyl (C=O) groups excluding carboxylic acids is 1. The number of imidazole rings is 1. The van der Waals surface area contributed by atoms with E-state index >= 15 is 0 Å². The van der Waals surface area contributed by atoms with Crippen LogP contribution in [-0.4, -0.2) is 28.3 Å². The van der Waals surface area contributed by atoms with Crippen LogP contribution >= 0.6 is 0 Å². The largest absolute Gasteiger partial charge is 0.497 e. The van der Waals surface area contributed by atoms with Crippen LogP contribution in [0.3, 0.4) is 0 Å². The molecule has 0 spiro atoms. The highest BCUT2D eigenvalue weighted by Gasteiger charge is 2.23. The number of hydrazone groups is 1. The van der Waals surface area contributed by atoms with Gasteiger partial charge in [0.2, 0.25) is 0 Å². The van der Waals surface area contributed by atoms with Gasteiger partial charge in [-0.1, -0.05) is 12.1 Å². The third kappa shape index (κ3) is 2.87. The summed E-state index contributed by atoms with van der Waals surface area (Å²) in [7, 11) is 1.66. The highest BCUT2D eigenvalue weighted by molar-refractivity contribution is 6.12. The van der Waals surface area contributed by atoms with Crippen LogP contribution in [0.1, 0.15) is 18.9 Å². The van der Waals surface area contributed by atoms with E-state index in [-0.39, 0.29) is 5.91 Å². The molecule has 1 aliphatic rings. The fourth-order valence-corrected chi connectivity index (χ4v) is 2.99. The second-order valence-corrected chi connectivity index (χ2v) is 6.11. The minimum atomic E-state index is -0.00179. The first-order valence-corrected chi connectivity index (χ1v) is 8.09. The maximum absolute atomic E-state index is 12.1. The van der Waals surface area contributed by atoms with E-state index in [1.54, 1.807) is 7.11 Å². The van der Waals surface area contributed by atoms with Crippen molar-refractivity contribution >= 4 is 28.3 Å². The van der Waals surface area contributed by atoms with Crippen molar-refractivity contribution in [1.29, 1.82) is 0 Å². The Kier molecular flexibility index (Phi) is 3.72. The van der Waals surface area contributed by atoms with Crippen molar-refractivity contribution in [3.8, 4) is 5.75 Å². The summed E-state index contributed by atoms with van der Waals surface area (Å²) in [6, 6.07) is 13.7. The molecule has 0 radical (unpaired) electrons. The van der Waals surface area contributed by atoms with Crippen LogP contribution < -0.4 is 9.75 Å². The van der Waals surface area contributed by atoms with E-state index in [2.05, 4.69) is 14.7 Å². The Hall–Kier alpha value is -3.15. The van der Waals surface area contributed by atoms with Crippen molar-refractivity contribution < 1.29 is 9.53 Å². The summed E-state index contributed by atoms with van der Waals surface area (Å²) in [6.07, 6.45) is 2.20. The first-order valence-electron chi connectivity index (χ1n) is 8.09. The van der Waals surface area contributed by atoms with Gasteiger partial charge in [-0.05, 0) is 42.8 Å². The Labute approximate surface area is 145 Å². The summed E-state index contributed by atoms with van der Waals surface area (Å²) in [5, 5.41) is 5.79. The van der Waals surface area contributed by atoms with E-state index in [0.717, 1.165) is 33.7 Å². The molecule has 3 aromatic rings. The number of anilines is 1. The van der Waals surface area contributed by atoms with Crippen molar-refractivity contribution in [3.05, 3.63) is 54.4 Å². The first kappa shape index (κ1) is 15.4. The maximum atomic E-state index is 12.1. The fraction of sp³-hybridized carbons (Fsp3) is 0.211. The number of carbonyl (C=O) groups is 1. The Morgan fingerprint density at radius 3 is 2.64 bits per heavy atom. The van der Waals surface area contributed by atoms with Gasteiger partial charge in [0.25, 0.3) is 5.91 Å². The van der Waals surface area contributed by atoms with Gasteiger partial charge in [-0.2, -0.15) is 5.10 Å². The van der Waals surface area contributed by atoms with E-state index in [4.69, 9.17) is 4.74 Å². The zero-order chi connectivity index (χ0) is 17.4. The van der Waals surface area contributed by atoms with Crippen LogP contribution in [0.4, 0.5) is 5.69 Å². The second kappa shape index (κ2) is 6.05. The van der Waals surface area contributed by atoms with Crippen LogP contribution in [0.2, 0.25) is 0 Å². The molecule has 0 atom stereocenters. The Morgan fingerprint density at radius 1 is 1.16 bits per heavy atom. The molecule has 1 aliphatic heterocycles. The van der Waals surface area contributed by atoms with Crippen LogP contribution in [-0.2, 0) is 11.3 Å². The number of methoxy groups -OCH3 is 1. The van der Waals surface area contributed by atoms with Gasteiger partial charge in [-0.15, -0.1) is 0 Å². The highest BCUT2D eigenvalue weighted by atomic mass is 16.5. The third-order valence-corrected chi connectivity index (χ3v) is 4.28. The summed E-state index contributed by atoms with van der Waals surface area (Å²) in [6.45, 7) is 2.56. The van der Waals surface area contributed by atoms with Gasteiger partial charge in [-0.3, -0.25) is 4.79 Å². The molecule has 0 aliphatic carbocycles. The van der Waals surface area contributed by atoms with Crippen LogP contribution in [0, 0.1) is 0 Å². The normalized spacial score (nSPS) is 14.2. The predicted octanol–water partition coefficient (Wildman–Crippen LogP) is 3.21. The van der Waals surface area contributed by atoms with Crippen LogP contribution in [0.25, 0.3) is 11.0 Å². The van der Waals surface area contributed by atoms with Crippen molar-refractivity contribution in [2.24, 2.45) is 5.10 Å². The van der Waals surface area contributed by atoms with Gasteiger partial charge < -0.3 is 9.30 Å². The topological polar surface area (TPSA) is 59.7 Å². The van der Waals surface area contributed by atoms with Crippen molar-refractivity contribution in [2.45, 2.75) is 19.9 Å². The number of ether oxygens (including phenoxy) is 1. The number of rotatable bonds is 4. The molecule has 0 saturated heterocycles. The molecule has 2 aromatic carbocycles. The molecule has 0 unspecified atom stereocenters. The van der Waals surface area contributed by atoms with E-state index in [1.807, 2.05) is 55.7 Å². The van der Waals surface area contributed by atoms with Crippen molar-refractivity contribution in [3.63, 3.8) is 0 Å². The monoisotopic (exact) mass is 334 g/mol. The molecule has 4 rings (SSSR count). The quantitative estimate of drug-likeness (QED) is 0.736. The summed E-state index contributed by atoms with van der Waals surface area (Å²) < 4.78 is 7.26. The van der Waals surface area contributed by atoms with Crippen LogP contribution in [0.5, 0.6) is 5.75 Å². The molecule has 0 saturated carbocycles. The smallest absolute Gasteiger partial charge is 0.253 e. The summed E-state index contributed by atoms with van der Waals surface area (Å²) >= 11 is 0. The van der Waals surface area contributed by atoms with Gasteiger partial charge in [0, 0.05) is 12.3 Å². The number of amides is 1. The summed E-state index contributed by atoms with van der Waals surface area (Å²) in [5.41, 5.74) is 4.62. The molecule has 0 fully saturated rings. The number of benzene rings is 2. The lowest BCUT2D eigenvalue weighted by Crippen LogP contribution is -2.19. The van der Waals surface area contributed by atoms with Crippen molar-refractivity contribution in [2.75, 3.05) is 12.1 Å². The third-order valence-electron chi connectivity index (χ3n) is 4.28. The lowest BCUT2D eigenvalue weighted by atomic mass is 10.2. The minimum absolute atomic E-state index is 0.00179. The van der Waals surface area contributed by atoms with E-state index in [0.29, 0.717) is 13.0 Å². The standard InChI is InChI=1S/C19H18N4O2/c1-13-9-19(24)23(21-13)15-5-8-17-18(10-15)22(12-20-17)11-14-3-6-16(25-2)7-4-14/h3-8,10,12H,9,11H2,1-2H3. The Bertz CT molecular complexity index is 973. The molecule has 1 amide bonds. The zero-order valence-electron chi connectivity index (χ0n) is 14.1. The van der Waals surface area contributed by atoms with E-state index in [1.165, 1.54) is 5.01 Å². The molecular weight excluding hydrogens is 316 g/mol. The molecule has 6 heteroatoms. The van der Waals surface area contributed by atoms with Crippen molar-refractivity contribution in [1.82, 2.24) is 9.55 Å². The molecule has 0 bridgehead atoms. The maximum Gasteiger partial charge on any atom is 0.253 e. The van der Waals surface area contributed by atoms with Gasteiger partial charge >= 0.3 is 0 Å². The predicted molar refractivity (Wildman–Crippen MR) is 97.0 cm³/mol. The summed E-state index contributed by atoms with van der Waals surface area (Å²) in [4.78, 5) is 16.5. The average Bonchev–Trinajstić information content (AvgIpc) is 3.18. The molecule has 0 N–H and O–H groups in total. The Morgan fingerprint density at radius 2 is 1.96 bits per heavy atom. The first-order chi connectivity index (χ1) is 12.1. The van der Waals surface area contributed by atoms with Crippen LogP contribution in [0.15, 0.2) is 53.9 Å². The molecule has 6 nitrogen and oxygen atoms in total. The van der Waals surface area contributed by atoms with E-state index < -0.39 is 0 Å². The number of aromatic nitrogens is 2. The molecule has 126 valence electrons. The number of hydrogen-bond donors (Lipinski definition) is 0. The molecule has 1 aromatic heterocycles. The number of hydrogen-bond acceptors (Lipinski definition) is 4. The van der Waals surface area contributed by atoms with Gasteiger partial charge in [-0.25, -0.2) is 9.99 Å². The van der Waals surface area contributed by atoms with Gasteiger partial charge in [0.05, 0.1) is 36.6 Å². The average molecular weight is 334 g/mol. The number of fused-ring (bicyclic) bond motifs is 1. The van der Waals surface area contributed by atoms with E-state index in [9.17, 15) is 4.79 Å². The molecule has 25 heavy (non-hydrogen) atoms. The minimum Gasteiger partial charge on any atom is -0.497 e. The number of nitrogens with zero attached hydrogens (tertiary/aromatic N) is 4. The lowest BCUT2D eigenvalue weighted by Gasteiger charge is -2.12. The molecule has 2 heterocycles. The molecular formula is C19H18N4O2. The fourth-order valence-electron chi connectivity index (χ4n) is 2.99. The van der Waals surface area contributed by atoms with Gasteiger partial charge in [0.15, 0.2) is 0 Å². The zero-order valence-corrected chi connectivity index (χ0v) is 14.1. The SMILES string of the molecule is COc1ccc(Cn2cnc3ccc(N4N=C(C)CC4=O)cc32)cc1. The Balaban J connectivity index is 1.67. The van der Waals surface area contributed by atoms with Gasteiger partial charge in [0.1, 0.15) is 5.75 Å². The summed E-state index contributed by atoms with van der Waals surface area (Å²) in [5.74, 6) is 0.834. The second-order valence-electron chi connectivity index (χ2n) is 6.11. The highest BCUT2D eigenvalue weighted by Crippen LogP contribution is 2.25. The lowest BCUT2D eigenvalue weighted by molar-refractivity contribution is -0.116.